The van der Waals surface area contributed by atoms with E-state index in [1.54, 1.807) is 6.33 Å². The van der Waals surface area contributed by atoms with Crippen LogP contribution < -0.4 is 10.00 Å². The second-order valence-electron chi connectivity index (χ2n) is 2.94. The van der Waals surface area contributed by atoms with E-state index in [9.17, 15) is 0 Å². The SMILES string of the molecule is CC.CCNc1nc[n+](-c2ccccc2)[nH]1. The molecule has 0 amide bonds. The van der Waals surface area contributed by atoms with Crippen molar-refractivity contribution in [3.63, 3.8) is 0 Å². The number of hydrogen-bond acceptors (Lipinski definition) is 2. The fourth-order valence-electron chi connectivity index (χ4n) is 1.26. The first kappa shape index (κ1) is 12.2. The highest BCUT2D eigenvalue weighted by Crippen LogP contribution is 1.98. The highest BCUT2D eigenvalue weighted by molar-refractivity contribution is 5.23. The summed E-state index contributed by atoms with van der Waals surface area (Å²) in [6.07, 6.45) is 1.76. The Labute approximate surface area is 96.3 Å². The zero-order valence-electron chi connectivity index (χ0n) is 10.1. The van der Waals surface area contributed by atoms with Gasteiger partial charge >= 0.3 is 12.3 Å². The van der Waals surface area contributed by atoms with E-state index < -0.39 is 0 Å². The van der Waals surface area contributed by atoms with Crippen LogP contribution in [0.4, 0.5) is 5.95 Å². The van der Waals surface area contributed by atoms with Crippen molar-refractivity contribution >= 4 is 5.95 Å². The number of para-hydroxylation sites is 1. The zero-order valence-corrected chi connectivity index (χ0v) is 10.1. The molecular weight excluding hydrogens is 200 g/mol. The molecule has 0 fully saturated rings. The largest absolute Gasteiger partial charge is 0.347 e. The Balaban J connectivity index is 0.000000606. The lowest BCUT2D eigenvalue weighted by Crippen LogP contribution is -2.31. The minimum absolute atomic E-state index is 0.788. The maximum absolute atomic E-state index is 4.18. The summed E-state index contributed by atoms with van der Waals surface area (Å²) in [6.45, 7) is 6.90. The van der Waals surface area contributed by atoms with Gasteiger partial charge in [0.2, 0.25) is 0 Å². The Morgan fingerprint density at radius 2 is 1.94 bits per heavy atom. The molecule has 2 rings (SSSR count). The predicted octanol–water partition coefficient (Wildman–Crippen LogP) is 2.14. The minimum Gasteiger partial charge on any atom is -0.332 e. The lowest BCUT2D eigenvalue weighted by Gasteiger charge is -1.92. The van der Waals surface area contributed by atoms with Crippen LogP contribution >= 0.6 is 0 Å². The van der Waals surface area contributed by atoms with Gasteiger partial charge in [-0.05, 0) is 24.0 Å². The number of aromatic amines is 1. The minimum atomic E-state index is 0.788. The molecule has 0 spiro atoms. The first-order valence-corrected chi connectivity index (χ1v) is 5.66. The van der Waals surface area contributed by atoms with E-state index in [0.717, 1.165) is 18.2 Å². The summed E-state index contributed by atoms with van der Waals surface area (Å²) >= 11 is 0. The molecule has 2 N–H and O–H groups in total. The van der Waals surface area contributed by atoms with E-state index in [1.165, 1.54) is 0 Å². The molecule has 4 nitrogen and oxygen atoms in total. The molecule has 1 heterocycles. The number of rotatable bonds is 3. The van der Waals surface area contributed by atoms with Gasteiger partial charge in [0.25, 0.3) is 0 Å². The van der Waals surface area contributed by atoms with Crippen LogP contribution in [0.15, 0.2) is 36.7 Å². The molecule has 0 saturated carbocycles. The van der Waals surface area contributed by atoms with Gasteiger partial charge < -0.3 is 5.32 Å². The fraction of sp³-hybridized carbons (Fsp3) is 0.333. The van der Waals surface area contributed by atoms with Gasteiger partial charge in [0.15, 0.2) is 5.69 Å². The molecule has 1 aromatic carbocycles. The molecule has 16 heavy (non-hydrogen) atoms. The quantitative estimate of drug-likeness (QED) is 0.777. The number of aromatic nitrogens is 3. The van der Waals surface area contributed by atoms with Crippen molar-refractivity contribution in [2.45, 2.75) is 20.8 Å². The molecule has 0 radical (unpaired) electrons. The third kappa shape index (κ3) is 3.08. The number of anilines is 1. The molecule has 0 aliphatic carbocycles. The van der Waals surface area contributed by atoms with Crippen LogP contribution in [0.3, 0.4) is 0 Å². The van der Waals surface area contributed by atoms with Gasteiger partial charge in [0.05, 0.1) is 0 Å². The maximum atomic E-state index is 4.18. The summed E-state index contributed by atoms with van der Waals surface area (Å²) in [4.78, 5) is 4.18. The normalized spacial score (nSPS) is 9.19. The third-order valence-electron chi connectivity index (χ3n) is 1.91. The van der Waals surface area contributed by atoms with E-state index in [0.29, 0.717) is 0 Å². The molecular formula is C12H19N4+. The average molecular weight is 219 g/mol. The number of hydrogen-bond donors (Lipinski definition) is 2. The Hall–Kier alpha value is -1.84. The van der Waals surface area contributed by atoms with Crippen molar-refractivity contribution in [3.8, 4) is 5.69 Å². The Kier molecular flexibility index (Phi) is 5.05. The summed E-state index contributed by atoms with van der Waals surface area (Å²) < 4.78 is 1.87. The lowest BCUT2D eigenvalue weighted by atomic mass is 10.3. The number of nitrogens with one attached hydrogen (secondary N) is 2. The van der Waals surface area contributed by atoms with Gasteiger partial charge in [-0.15, -0.1) is 4.68 Å². The van der Waals surface area contributed by atoms with Crippen LogP contribution in [0.5, 0.6) is 0 Å². The predicted molar refractivity (Wildman–Crippen MR) is 65.6 cm³/mol. The van der Waals surface area contributed by atoms with E-state index >= 15 is 0 Å². The molecule has 0 unspecified atom stereocenters. The van der Waals surface area contributed by atoms with Gasteiger partial charge in [-0.1, -0.05) is 32.0 Å². The molecule has 1 aromatic heterocycles. The molecule has 86 valence electrons. The molecule has 0 atom stereocenters. The molecule has 0 saturated heterocycles. The van der Waals surface area contributed by atoms with Crippen LogP contribution in [0, 0.1) is 0 Å². The van der Waals surface area contributed by atoms with E-state index in [4.69, 9.17) is 0 Å². The number of benzene rings is 1. The van der Waals surface area contributed by atoms with Crippen LogP contribution in [0.1, 0.15) is 20.8 Å². The van der Waals surface area contributed by atoms with Crippen molar-refractivity contribution in [3.05, 3.63) is 36.7 Å². The van der Waals surface area contributed by atoms with Gasteiger partial charge in [-0.3, -0.25) is 0 Å². The van der Waals surface area contributed by atoms with E-state index in [2.05, 4.69) is 15.4 Å². The molecule has 4 heteroatoms. The van der Waals surface area contributed by atoms with Gasteiger partial charge in [0, 0.05) is 6.54 Å². The maximum Gasteiger partial charge on any atom is 0.347 e. The standard InChI is InChI=1S/C10H12N4.C2H6/c1-2-11-10-12-8-14(13-10)9-6-4-3-5-7-9;1-2/h3-8H,2H2,1H3,(H,11,13);1-2H3/p+1. The van der Waals surface area contributed by atoms with Crippen LogP contribution in [0.25, 0.3) is 5.69 Å². The average Bonchev–Trinajstić information content (AvgIpc) is 2.82. The summed E-state index contributed by atoms with van der Waals surface area (Å²) in [5.74, 6) is 0.788. The molecule has 2 aromatic rings. The number of H-pyrrole nitrogens is 1. The summed E-state index contributed by atoms with van der Waals surface area (Å²) in [5.41, 5.74) is 1.07. The Bertz CT molecular complexity index is 394. The topological polar surface area (TPSA) is 44.6 Å². The lowest BCUT2D eigenvalue weighted by molar-refractivity contribution is -0.655. The van der Waals surface area contributed by atoms with Gasteiger partial charge in [-0.25, -0.2) is 0 Å². The van der Waals surface area contributed by atoms with Crippen LogP contribution in [-0.2, 0) is 0 Å². The smallest absolute Gasteiger partial charge is 0.332 e. The monoisotopic (exact) mass is 219 g/mol. The summed E-state index contributed by atoms with van der Waals surface area (Å²) in [6, 6.07) is 10.0. The second-order valence-corrected chi connectivity index (χ2v) is 2.94. The number of nitrogens with zero attached hydrogens (tertiary/aromatic N) is 2. The highest BCUT2D eigenvalue weighted by Gasteiger charge is 2.07. The Morgan fingerprint density at radius 1 is 1.25 bits per heavy atom. The Morgan fingerprint density at radius 3 is 2.56 bits per heavy atom. The molecule has 0 bridgehead atoms. The zero-order chi connectivity index (χ0) is 11.8. The first-order chi connectivity index (χ1) is 7.90. The van der Waals surface area contributed by atoms with E-state index in [-0.39, 0.29) is 0 Å². The molecule has 0 aliphatic rings. The van der Waals surface area contributed by atoms with Crippen molar-refractivity contribution in [1.29, 1.82) is 0 Å². The van der Waals surface area contributed by atoms with Crippen LogP contribution in [-0.4, -0.2) is 16.6 Å². The van der Waals surface area contributed by atoms with Crippen molar-refractivity contribution < 1.29 is 4.68 Å². The van der Waals surface area contributed by atoms with Crippen LogP contribution in [0.2, 0.25) is 0 Å². The first-order valence-electron chi connectivity index (χ1n) is 5.66. The van der Waals surface area contributed by atoms with Crippen molar-refractivity contribution in [1.82, 2.24) is 10.1 Å². The third-order valence-corrected chi connectivity index (χ3v) is 1.91. The summed E-state index contributed by atoms with van der Waals surface area (Å²) in [7, 11) is 0. The van der Waals surface area contributed by atoms with E-state index in [1.807, 2.05) is 55.8 Å². The van der Waals surface area contributed by atoms with Gasteiger partial charge in [0.1, 0.15) is 0 Å². The highest BCUT2D eigenvalue weighted by atomic mass is 15.4. The molecule has 0 aliphatic heterocycles. The van der Waals surface area contributed by atoms with Crippen molar-refractivity contribution in [2.24, 2.45) is 0 Å². The van der Waals surface area contributed by atoms with Gasteiger partial charge in [-0.2, -0.15) is 5.10 Å². The van der Waals surface area contributed by atoms with Crippen molar-refractivity contribution in [2.75, 3.05) is 11.9 Å². The fourth-order valence-corrected chi connectivity index (χ4v) is 1.26. The summed E-state index contributed by atoms with van der Waals surface area (Å²) in [5, 5.41) is 6.23. The second kappa shape index (κ2) is 6.61.